The van der Waals surface area contributed by atoms with Crippen molar-refractivity contribution < 1.29 is 8.42 Å². The quantitative estimate of drug-likeness (QED) is 0.586. The molecule has 0 spiro atoms. The molecule has 3 heteroatoms. The summed E-state index contributed by atoms with van der Waals surface area (Å²) >= 11 is 0. The third-order valence-corrected chi connectivity index (χ3v) is 4.27. The molecule has 0 fully saturated rings. The Morgan fingerprint density at radius 2 is 1.53 bits per heavy atom. The zero-order valence-electron chi connectivity index (χ0n) is 7.84. The highest BCUT2D eigenvalue weighted by Gasteiger charge is 2.41. The Morgan fingerprint density at radius 3 is 2.27 bits per heavy atom. The molecular formula is C12H8O2S. The van der Waals surface area contributed by atoms with Gasteiger partial charge in [-0.2, -0.15) is 0 Å². The van der Waals surface area contributed by atoms with Gasteiger partial charge in [-0.05, 0) is 11.6 Å². The molecule has 2 aromatic rings. The van der Waals surface area contributed by atoms with Gasteiger partial charge in [0.15, 0.2) is 0 Å². The highest BCUT2D eigenvalue weighted by molar-refractivity contribution is 7.97. The first kappa shape index (κ1) is 8.68. The van der Waals surface area contributed by atoms with E-state index in [2.05, 4.69) is 0 Å². The maximum atomic E-state index is 11.5. The van der Waals surface area contributed by atoms with Crippen LogP contribution in [0.25, 0.3) is 11.1 Å². The number of fused-ring (bicyclic) bond motifs is 1. The van der Waals surface area contributed by atoms with Gasteiger partial charge in [-0.25, -0.2) is 8.42 Å². The third kappa shape index (κ3) is 1.13. The minimum absolute atomic E-state index is 0.476. The fourth-order valence-electron chi connectivity index (χ4n) is 1.80. The van der Waals surface area contributed by atoms with Crippen LogP contribution in [0.4, 0.5) is 0 Å². The van der Waals surface area contributed by atoms with Gasteiger partial charge in [0.25, 0.3) is 0 Å². The average molecular weight is 216 g/mol. The summed E-state index contributed by atoms with van der Waals surface area (Å²) in [5.41, 5.74) is 1.77. The summed E-state index contributed by atoms with van der Waals surface area (Å²) in [5.74, 6) is 0. The van der Waals surface area contributed by atoms with E-state index in [4.69, 9.17) is 0 Å². The van der Waals surface area contributed by atoms with Gasteiger partial charge in [-0.1, -0.05) is 42.5 Å². The Balaban J connectivity index is 2.27. The molecule has 74 valence electrons. The Labute approximate surface area is 88.1 Å². The zero-order valence-corrected chi connectivity index (χ0v) is 8.66. The maximum absolute atomic E-state index is 11.5. The van der Waals surface area contributed by atoms with Crippen LogP contribution < -0.4 is 0 Å². The lowest BCUT2D eigenvalue weighted by molar-refractivity contribution is 0.612. The highest BCUT2D eigenvalue weighted by Crippen LogP contribution is 2.46. The number of rotatable bonds is 1. The molecule has 0 unspecified atom stereocenters. The van der Waals surface area contributed by atoms with Crippen molar-refractivity contribution in [2.45, 2.75) is 9.79 Å². The standard InChI is InChI=1S/C12H8O2S/c13-15(14)11-8-4-7-10(12(11)15)9-5-2-1-3-6-9/h1-8H. The molecule has 15 heavy (non-hydrogen) atoms. The molecule has 2 aromatic carbocycles. The lowest BCUT2D eigenvalue weighted by Crippen LogP contribution is -1.76. The molecule has 0 bridgehead atoms. The van der Waals surface area contributed by atoms with E-state index < -0.39 is 9.84 Å². The van der Waals surface area contributed by atoms with E-state index in [9.17, 15) is 8.42 Å². The Morgan fingerprint density at radius 1 is 0.800 bits per heavy atom. The Kier molecular flexibility index (Phi) is 1.56. The smallest absolute Gasteiger partial charge is 0.209 e. The molecule has 0 atom stereocenters. The van der Waals surface area contributed by atoms with Gasteiger partial charge < -0.3 is 0 Å². The molecule has 0 radical (unpaired) electrons. The summed E-state index contributed by atoms with van der Waals surface area (Å²) in [6.07, 6.45) is 0. The van der Waals surface area contributed by atoms with Crippen LogP contribution in [0.3, 0.4) is 0 Å². The topological polar surface area (TPSA) is 34.1 Å². The minimum Gasteiger partial charge on any atom is -0.218 e. The predicted octanol–water partition coefficient (Wildman–Crippen LogP) is 2.50. The van der Waals surface area contributed by atoms with Gasteiger partial charge in [0.1, 0.15) is 0 Å². The van der Waals surface area contributed by atoms with Crippen molar-refractivity contribution in [1.29, 1.82) is 0 Å². The van der Waals surface area contributed by atoms with Gasteiger partial charge in [0, 0.05) is 5.56 Å². The van der Waals surface area contributed by atoms with E-state index in [1.165, 1.54) is 0 Å². The average Bonchev–Trinajstić information content (AvgIpc) is 2.84. The van der Waals surface area contributed by atoms with E-state index in [1.54, 1.807) is 12.1 Å². The summed E-state index contributed by atoms with van der Waals surface area (Å²) in [6, 6.07) is 14.8. The van der Waals surface area contributed by atoms with Crippen LogP contribution in [0.5, 0.6) is 0 Å². The molecule has 1 aliphatic heterocycles. The van der Waals surface area contributed by atoms with Crippen molar-refractivity contribution in [2.24, 2.45) is 0 Å². The van der Waals surface area contributed by atoms with Crippen LogP contribution in [-0.2, 0) is 9.84 Å². The molecule has 0 aliphatic carbocycles. The summed E-state index contributed by atoms with van der Waals surface area (Å²) in [6.45, 7) is 0. The van der Waals surface area contributed by atoms with Crippen LogP contribution in [-0.4, -0.2) is 8.42 Å². The van der Waals surface area contributed by atoms with E-state index >= 15 is 0 Å². The lowest BCUT2D eigenvalue weighted by atomic mass is 10.1. The van der Waals surface area contributed by atoms with Crippen molar-refractivity contribution in [3.8, 4) is 11.1 Å². The zero-order chi connectivity index (χ0) is 10.5. The molecule has 3 rings (SSSR count). The Bertz CT molecular complexity index is 628. The molecular weight excluding hydrogens is 208 g/mol. The molecule has 0 aromatic heterocycles. The Hall–Kier alpha value is -1.61. The molecule has 0 N–H and O–H groups in total. The first-order valence-electron chi connectivity index (χ1n) is 4.65. The van der Waals surface area contributed by atoms with Crippen LogP contribution >= 0.6 is 0 Å². The summed E-state index contributed by atoms with van der Waals surface area (Å²) in [7, 11) is -3.05. The van der Waals surface area contributed by atoms with E-state index in [0.29, 0.717) is 9.79 Å². The number of hydrogen-bond acceptors (Lipinski definition) is 2. The number of benzene rings is 2. The van der Waals surface area contributed by atoms with Crippen molar-refractivity contribution >= 4 is 9.84 Å². The third-order valence-electron chi connectivity index (χ3n) is 2.58. The van der Waals surface area contributed by atoms with Gasteiger partial charge in [0.2, 0.25) is 9.84 Å². The predicted molar refractivity (Wildman–Crippen MR) is 57.3 cm³/mol. The first-order chi connectivity index (χ1) is 7.21. The van der Waals surface area contributed by atoms with Crippen LogP contribution in [0.1, 0.15) is 0 Å². The largest absolute Gasteiger partial charge is 0.218 e. The monoisotopic (exact) mass is 216 g/mol. The van der Waals surface area contributed by atoms with E-state index in [-0.39, 0.29) is 0 Å². The van der Waals surface area contributed by atoms with Crippen molar-refractivity contribution in [2.75, 3.05) is 0 Å². The number of hydrogen-bond donors (Lipinski definition) is 0. The molecule has 0 saturated heterocycles. The van der Waals surface area contributed by atoms with E-state index in [0.717, 1.165) is 11.1 Å². The van der Waals surface area contributed by atoms with Crippen LogP contribution in [0.15, 0.2) is 58.3 Å². The summed E-state index contributed by atoms with van der Waals surface area (Å²) in [5, 5.41) is 0. The van der Waals surface area contributed by atoms with Gasteiger partial charge in [-0.15, -0.1) is 0 Å². The lowest BCUT2D eigenvalue weighted by Gasteiger charge is -1.97. The van der Waals surface area contributed by atoms with Gasteiger partial charge >= 0.3 is 0 Å². The summed E-state index contributed by atoms with van der Waals surface area (Å²) in [4.78, 5) is 0.972. The second kappa shape index (κ2) is 2.70. The van der Waals surface area contributed by atoms with Crippen LogP contribution in [0.2, 0.25) is 0 Å². The molecule has 1 heterocycles. The second-order valence-electron chi connectivity index (χ2n) is 3.50. The molecule has 2 nitrogen and oxygen atoms in total. The van der Waals surface area contributed by atoms with Gasteiger partial charge in [0.05, 0.1) is 9.79 Å². The SMILES string of the molecule is O=S1(=O)c2cccc(-c3ccccc3)c21. The molecule has 0 saturated carbocycles. The fourth-order valence-corrected chi connectivity index (χ4v) is 3.34. The van der Waals surface area contributed by atoms with Crippen molar-refractivity contribution in [1.82, 2.24) is 0 Å². The minimum atomic E-state index is -3.05. The van der Waals surface area contributed by atoms with Crippen molar-refractivity contribution in [3.05, 3.63) is 48.5 Å². The van der Waals surface area contributed by atoms with E-state index in [1.807, 2.05) is 36.4 Å². The molecule has 0 amide bonds. The van der Waals surface area contributed by atoms with Gasteiger partial charge in [-0.3, -0.25) is 0 Å². The molecule has 1 aliphatic rings. The second-order valence-corrected chi connectivity index (χ2v) is 5.36. The fraction of sp³-hybridized carbons (Fsp3) is 0. The van der Waals surface area contributed by atoms with Crippen molar-refractivity contribution in [3.63, 3.8) is 0 Å². The summed E-state index contributed by atoms with van der Waals surface area (Å²) < 4.78 is 23.1. The normalized spacial score (nSPS) is 15.7. The number of sulfone groups is 1. The van der Waals surface area contributed by atoms with Crippen LogP contribution in [0, 0.1) is 0 Å². The maximum Gasteiger partial charge on any atom is 0.209 e. The first-order valence-corrected chi connectivity index (χ1v) is 6.13. The highest BCUT2D eigenvalue weighted by atomic mass is 32.2.